The molecule has 1 fully saturated rings. The van der Waals surface area contributed by atoms with E-state index in [1.807, 2.05) is 48.7 Å². The Hall–Kier alpha value is -2.44. The van der Waals surface area contributed by atoms with E-state index in [1.54, 1.807) is 22.5 Å². The molecule has 11 heteroatoms. The molecule has 7 nitrogen and oxygen atoms in total. The number of benzene rings is 2. The number of rotatable bonds is 9. The molecular formula is C24H23N3O4S4. The summed E-state index contributed by atoms with van der Waals surface area (Å²) < 4.78 is 33.3. The van der Waals surface area contributed by atoms with Crippen LogP contribution in [0.1, 0.15) is 18.9 Å². The molecule has 182 valence electrons. The summed E-state index contributed by atoms with van der Waals surface area (Å²) in [5, 5.41) is 4.80. The lowest BCUT2D eigenvalue weighted by molar-refractivity contribution is -0.121. The van der Waals surface area contributed by atoms with Gasteiger partial charge < -0.3 is 0 Å². The molecular weight excluding hydrogens is 523 g/mol. The van der Waals surface area contributed by atoms with E-state index < -0.39 is 21.8 Å². The molecule has 0 unspecified atom stereocenters. The zero-order valence-electron chi connectivity index (χ0n) is 18.8. The maximum Gasteiger partial charge on any atom is 0.266 e. The van der Waals surface area contributed by atoms with Crippen LogP contribution in [0.15, 0.2) is 70.6 Å². The molecule has 0 spiro atoms. The summed E-state index contributed by atoms with van der Waals surface area (Å²) in [5.74, 6) is 0.0762. The van der Waals surface area contributed by atoms with E-state index in [0.717, 1.165) is 40.7 Å². The molecule has 1 aliphatic rings. The van der Waals surface area contributed by atoms with Crippen molar-refractivity contribution in [2.75, 3.05) is 18.1 Å². The minimum absolute atomic E-state index is 0.201. The number of thioether (sulfide) groups is 2. The van der Waals surface area contributed by atoms with Gasteiger partial charge in [0, 0.05) is 28.8 Å². The average molecular weight is 546 g/mol. The summed E-state index contributed by atoms with van der Waals surface area (Å²) in [5.41, 5.74) is 3.24. The van der Waals surface area contributed by atoms with Gasteiger partial charge in [-0.25, -0.2) is 4.68 Å². The quantitative estimate of drug-likeness (QED) is 0.171. The third-order valence-electron chi connectivity index (χ3n) is 5.10. The summed E-state index contributed by atoms with van der Waals surface area (Å²) in [7, 11) is -4.21. The number of nitrogens with zero attached hydrogens (tertiary/aromatic N) is 3. The van der Waals surface area contributed by atoms with Gasteiger partial charge in [-0.15, -0.1) is 11.8 Å². The van der Waals surface area contributed by atoms with Gasteiger partial charge in [-0.3, -0.25) is 14.2 Å². The van der Waals surface area contributed by atoms with Crippen LogP contribution in [0.3, 0.4) is 0 Å². The van der Waals surface area contributed by atoms with E-state index in [4.69, 9.17) is 21.9 Å². The fraction of sp³-hybridized carbons (Fsp3) is 0.208. The van der Waals surface area contributed by atoms with Gasteiger partial charge in [-0.1, -0.05) is 61.2 Å². The second-order valence-corrected chi connectivity index (χ2v) is 12.1. The number of para-hydroxylation sites is 1. The van der Waals surface area contributed by atoms with E-state index in [1.165, 1.54) is 9.80 Å². The highest BCUT2D eigenvalue weighted by molar-refractivity contribution is 8.26. The molecule has 1 aromatic heterocycles. The van der Waals surface area contributed by atoms with Gasteiger partial charge in [-0.05, 0) is 42.5 Å². The van der Waals surface area contributed by atoms with Crippen LogP contribution in [0.4, 0.5) is 0 Å². The third-order valence-corrected chi connectivity index (χ3v) is 8.39. The third kappa shape index (κ3) is 6.42. The molecule has 1 N–H and O–H groups in total. The Labute approximate surface area is 218 Å². The van der Waals surface area contributed by atoms with E-state index in [0.29, 0.717) is 10.6 Å². The van der Waals surface area contributed by atoms with Crippen LogP contribution in [0.2, 0.25) is 0 Å². The van der Waals surface area contributed by atoms with Crippen molar-refractivity contribution in [3.05, 3.63) is 71.3 Å². The van der Waals surface area contributed by atoms with Crippen molar-refractivity contribution in [3.63, 3.8) is 0 Å². The van der Waals surface area contributed by atoms with Gasteiger partial charge in [-0.2, -0.15) is 13.5 Å². The minimum Gasteiger partial charge on any atom is -0.292 e. The lowest BCUT2D eigenvalue weighted by atomic mass is 10.1. The summed E-state index contributed by atoms with van der Waals surface area (Å²) in [6.45, 7) is 1.95. The van der Waals surface area contributed by atoms with Crippen molar-refractivity contribution >= 4 is 62.2 Å². The summed E-state index contributed by atoms with van der Waals surface area (Å²) in [6.07, 6.45) is 4.68. The second-order valence-electron chi connectivity index (χ2n) is 7.71. The predicted molar refractivity (Wildman–Crippen MR) is 146 cm³/mol. The first-order chi connectivity index (χ1) is 16.7. The summed E-state index contributed by atoms with van der Waals surface area (Å²) in [4.78, 5) is 15.7. The predicted octanol–water partition coefficient (Wildman–Crippen LogP) is 5.13. The first kappa shape index (κ1) is 25.6. The molecule has 0 saturated carbocycles. The number of carbonyl (C=O) groups is 1. The van der Waals surface area contributed by atoms with Crippen molar-refractivity contribution < 1.29 is 17.8 Å². The molecule has 2 aromatic carbocycles. The molecule has 0 bridgehead atoms. The topological polar surface area (TPSA) is 92.5 Å². The van der Waals surface area contributed by atoms with Crippen molar-refractivity contribution in [3.8, 4) is 16.9 Å². The Bertz CT molecular complexity index is 1370. The second kappa shape index (κ2) is 11.1. The van der Waals surface area contributed by atoms with E-state index in [2.05, 4.69) is 19.1 Å². The average Bonchev–Trinajstić information content (AvgIpc) is 3.37. The normalized spacial score (nSPS) is 15.4. The lowest BCUT2D eigenvalue weighted by Crippen LogP contribution is -2.32. The summed E-state index contributed by atoms with van der Waals surface area (Å²) >= 11 is 8.18. The number of carbonyl (C=O) groups excluding carboxylic acids is 1. The van der Waals surface area contributed by atoms with Crippen LogP contribution < -0.4 is 0 Å². The van der Waals surface area contributed by atoms with E-state index in [9.17, 15) is 13.2 Å². The fourth-order valence-electron chi connectivity index (χ4n) is 3.40. The molecule has 0 radical (unpaired) electrons. The molecule has 4 rings (SSSR count). The Morgan fingerprint density at radius 1 is 1.14 bits per heavy atom. The lowest BCUT2D eigenvalue weighted by Gasteiger charge is -2.12. The van der Waals surface area contributed by atoms with Crippen LogP contribution >= 0.6 is 35.7 Å². The van der Waals surface area contributed by atoms with Crippen molar-refractivity contribution in [1.82, 2.24) is 14.7 Å². The van der Waals surface area contributed by atoms with E-state index >= 15 is 0 Å². The minimum atomic E-state index is -4.21. The number of amides is 1. The molecule has 2 heterocycles. The van der Waals surface area contributed by atoms with Crippen LogP contribution in [0.25, 0.3) is 23.0 Å². The smallest absolute Gasteiger partial charge is 0.266 e. The Kier molecular flexibility index (Phi) is 8.12. The van der Waals surface area contributed by atoms with Crippen LogP contribution in [0, 0.1) is 0 Å². The first-order valence-corrected chi connectivity index (χ1v) is 14.7. The molecule has 0 atom stereocenters. The zero-order valence-corrected chi connectivity index (χ0v) is 22.1. The van der Waals surface area contributed by atoms with Crippen molar-refractivity contribution in [2.45, 2.75) is 18.2 Å². The maximum absolute atomic E-state index is 12.9. The van der Waals surface area contributed by atoms with Gasteiger partial charge in [0.15, 0.2) is 0 Å². The zero-order chi connectivity index (χ0) is 25.0. The molecule has 1 aliphatic heterocycles. The van der Waals surface area contributed by atoms with Crippen molar-refractivity contribution in [1.29, 1.82) is 0 Å². The highest BCUT2D eigenvalue weighted by Crippen LogP contribution is 2.35. The number of hydrogen-bond acceptors (Lipinski definition) is 7. The Morgan fingerprint density at radius 2 is 1.86 bits per heavy atom. The molecule has 0 aliphatic carbocycles. The highest BCUT2D eigenvalue weighted by atomic mass is 32.2. The monoisotopic (exact) mass is 545 g/mol. The SMILES string of the molecule is CCCSc1ccc(-c2nn(-c3ccccc3)cc2/C=C2\SC(=S)N(CCS(=O)(=O)O)C2=O)cc1. The van der Waals surface area contributed by atoms with Gasteiger partial charge in [0.05, 0.1) is 22.0 Å². The first-order valence-electron chi connectivity index (χ1n) is 10.8. The molecule has 1 saturated heterocycles. The Balaban J connectivity index is 1.69. The van der Waals surface area contributed by atoms with Crippen LogP contribution in [-0.4, -0.2) is 55.9 Å². The van der Waals surface area contributed by atoms with Gasteiger partial charge >= 0.3 is 0 Å². The number of thiocarbonyl (C=S) groups is 1. The fourth-order valence-corrected chi connectivity index (χ4v) is 5.88. The van der Waals surface area contributed by atoms with Gasteiger partial charge in [0.25, 0.3) is 16.0 Å². The van der Waals surface area contributed by atoms with E-state index in [-0.39, 0.29) is 10.9 Å². The standard InChI is InChI=1S/C24H23N3O4S4/c1-2-13-33-20-10-8-17(9-11-20)22-18(16-27(25-22)19-6-4-3-5-7-19)15-21-23(28)26(24(32)34-21)12-14-35(29,30)31/h3-11,15-16H,2,12-14H2,1H3,(H,29,30,31)/b21-15-. The highest BCUT2D eigenvalue weighted by Gasteiger charge is 2.33. The summed E-state index contributed by atoms with van der Waals surface area (Å²) in [6, 6.07) is 17.8. The number of aromatic nitrogens is 2. The maximum atomic E-state index is 12.9. The number of hydrogen-bond donors (Lipinski definition) is 1. The molecule has 1 amide bonds. The molecule has 3 aromatic rings. The Morgan fingerprint density at radius 3 is 2.51 bits per heavy atom. The van der Waals surface area contributed by atoms with Crippen molar-refractivity contribution in [2.24, 2.45) is 0 Å². The van der Waals surface area contributed by atoms with Gasteiger partial charge in [0.1, 0.15) is 4.32 Å². The van der Waals surface area contributed by atoms with Gasteiger partial charge in [0.2, 0.25) is 0 Å². The largest absolute Gasteiger partial charge is 0.292 e. The van der Waals surface area contributed by atoms with Crippen LogP contribution in [-0.2, 0) is 14.9 Å². The molecule has 35 heavy (non-hydrogen) atoms. The van der Waals surface area contributed by atoms with Crippen LogP contribution in [0.5, 0.6) is 0 Å².